The highest BCUT2D eigenvalue weighted by atomic mass is 19.3. The maximum absolute atomic E-state index is 14.1. The molecular formula is C27H22F4N4O2. The Kier molecular flexibility index (Phi) is 8.03. The number of halogens is 4. The number of rotatable bonds is 10. The minimum absolute atomic E-state index is 0.111. The number of benzene rings is 2. The standard InChI is InChI=1S/C27H22F4N4O2/c1-2-3-4-12-36-26-18(6-5-7-23(26)37-27(30)31)9-11-25-34-21-13-19(28)20(29)14-22(21)35(25)24-10-8-17(15-32)16-33-24/h5-11,13-14,16,27H,2-4,12H2,1H3/b11-9+. The second-order valence-corrected chi connectivity index (χ2v) is 8.02. The Balaban J connectivity index is 1.80. The molecule has 0 radical (unpaired) electrons. The summed E-state index contributed by atoms with van der Waals surface area (Å²) in [5.41, 5.74) is 1.19. The van der Waals surface area contributed by atoms with Gasteiger partial charge < -0.3 is 9.47 Å². The SMILES string of the molecule is CCCCCOc1c(/C=C/c2nc3cc(F)c(F)cc3n2-c2ccc(C#N)cn2)cccc1OC(F)F. The number of ether oxygens (including phenoxy) is 2. The highest BCUT2D eigenvalue weighted by Crippen LogP contribution is 2.34. The predicted molar refractivity (Wildman–Crippen MR) is 131 cm³/mol. The first-order chi connectivity index (χ1) is 17.9. The van der Waals surface area contributed by atoms with Crippen LogP contribution < -0.4 is 9.47 Å². The average Bonchev–Trinajstić information content (AvgIpc) is 3.23. The molecule has 190 valence electrons. The largest absolute Gasteiger partial charge is 0.489 e. The zero-order chi connectivity index (χ0) is 26.4. The van der Waals surface area contributed by atoms with Gasteiger partial charge in [0.2, 0.25) is 0 Å². The van der Waals surface area contributed by atoms with Gasteiger partial charge in [-0.25, -0.2) is 18.7 Å². The van der Waals surface area contributed by atoms with Gasteiger partial charge in [0.05, 0.1) is 23.2 Å². The Morgan fingerprint density at radius 2 is 1.89 bits per heavy atom. The number of pyridine rings is 1. The molecule has 0 saturated heterocycles. The van der Waals surface area contributed by atoms with Crippen LogP contribution in [0.1, 0.15) is 43.1 Å². The van der Waals surface area contributed by atoms with E-state index in [1.54, 1.807) is 30.4 Å². The molecule has 10 heteroatoms. The minimum Gasteiger partial charge on any atom is -0.489 e. The first-order valence-corrected chi connectivity index (χ1v) is 11.5. The summed E-state index contributed by atoms with van der Waals surface area (Å²) in [4.78, 5) is 8.66. The zero-order valence-electron chi connectivity index (χ0n) is 19.8. The number of imidazole rings is 1. The van der Waals surface area contributed by atoms with Gasteiger partial charge in [0.15, 0.2) is 23.1 Å². The highest BCUT2D eigenvalue weighted by molar-refractivity contribution is 5.82. The van der Waals surface area contributed by atoms with Gasteiger partial charge in [0, 0.05) is 23.9 Å². The van der Waals surface area contributed by atoms with Crippen molar-refractivity contribution < 1.29 is 27.0 Å². The van der Waals surface area contributed by atoms with E-state index >= 15 is 0 Å². The van der Waals surface area contributed by atoms with Crippen LogP contribution in [0, 0.1) is 23.0 Å². The molecule has 4 rings (SSSR count). The number of aromatic nitrogens is 3. The summed E-state index contributed by atoms with van der Waals surface area (Å²) < 4.78 is 66.0. The summed E-state index contributed by atoms with van der Waals surface area (Å²) in [6.45, 7) is -0.687. The smallest absolute Gasteiger partial charge is 0.387 e. The zero-order valence-corrected chi connectivity index (χ0v) is 19.8. The van der Waals surface area contributed by atoms with Gasteiger partial charge >= 0.3 is 6.61 Å². The van der Waals surface area contributed by atoms with Gasteiger partial charge in [0.25, 0.3) is 0 Å². The molecule has 2 heterocycles. The third kappa shape index (κ3) is 5.89. The molecule has 0 aliphatic carbocycles. The van der Waals surface area contributed by atoms with E-state index in [0.29, 0.717) is 23.6 Å². The maximum atomic E-state index is 14.1. The van der Waals surface area contributed by atoms with Crippen LogP contribution in [0.25, 0.3) is 29.0 Å². The molecule has 0 amide bonds. The van der Waals surface area contributed by atoms with Crippen molar-refractivity contribution in [1.29, 1.82) is 5.26 Å². The van der Waals surface area contributed by atoms with Crippen molar-refractivity contribution in [2.75, 3.05) is 6.61 Å². The summed E-state index contributed by atoms with van der Waals surface area (Å²) in [7, 11) is 0. The summed E-state index contributed by atoms with van der Waals surface area (Å²) in [6.07, 6.45) is 7.10. The van der Waals surface area contributed by atoms with Crippen molar-refractivity contribution in [3.05, 3.63) is 77.2 Å². The number of nitrogens with zero attached hydrogens (tertiary/aromatic N) is 4. The lowest BCUT2D eigenvalue weighted by molar-refractivity contribution is -0.0515. The van der Waals surface area contributed by atoms with Gasteiger partial charge in [0.1, 0.15) is 17.7 Å². The summed E-state index contributed by atoms with van der Waals surface area (Å²) in [5, 5.41) is 9.08. The average molecular weight is 510 g/mol. The van der Waals surface area contributed by atoms with E-state index in [2.05, 4.69) is 14.7 Å². The molecular weight excluding hydrogens is 488 g/mol. The fourth-order valence-electron chi connectivity index (χ4n) is 3.73. The predicted octanol–water partition coefficient (Wildman–Crippen LogP) is 6.91. The quantitative estimate of drug-likeness (QED) is 0.171. The van der Waals surface area contributed by atoms with Crippen molar-refractivity contribution in [2.45, 2.75) is 32.8 Å². The Bertz CT molecular complexity index is 1460. The number of unbranched alkanes of at least 4 members (excludes halogenated alkanes) is 2. The second-order valence-electron chi connectivity index (χ2n) is 8.02. The molecule has 0 aliphatic heterocycles. The van der Waals surface area contributed by atoms with Crippen molar-refractivity contribution in [1.82, 2.24) is 14.5 Å². The summed E-state index contributed by atoms with van der Waals surface area (Å²) in [5.74, 6) is -1.50. The molecule has 0 aliphatic rings. The third-order valence-corrected chi connectivity index (χ3v) is 5.46. The van der Waals surface area contributed by atoms with E-state index in [1.807, 2.05) is 13.0 Å². The number of fused-ring (bicyclic) bond motifs is 1. The Labute approximate surface area is 210 Å². The maximum Gasteiger partial charge on any atom is 0.387 e. The Morgan fingerprint density at radius 1 is 1.08 bits per heavy atom. The molecule has 0 bridgehead atoms. The highest BCUT2D eigenvalue weighted by Gasteiger charge is 2.17. The Morgan fingerprint density at radius 3 is 2.59 bits per heavy atom. The molecule has 37 heavy (non-hydrogen) atoms. The fraction of sp³-hybridized carbons (Fsp3) is 0.222. The van der Waals surface area contributed by atoms with E-state index in [-0.39, 0.29) is 28.4 Å². The topological polar surface area (TPSA) is 73.0 Å². The van der Waals surface area contributed by atoms with Crippen LogP contribution in [0.15, 0.2) is 48.7 Å². The van der Waals surface area contributed by atoms with E-state index < -0.39 is 18.2 Å². The van der Waals surface area contributed by atoms with Crippen molar-refractivity contribution in [3.63, 3.8) is 0 Å². The number of hydrogen-bond donors (Lipinski definition) is 0. The molecule has 0 saturated carbocycles. The number of alkyl halides is 2. The van der Waals surface area contributed by atoms with Gasteiger partial charge in [-0.05, 0) is 36.8 Å². The first kappa shape index (κ1) is 25.7. The molecule has 0 unspecified atom stereocenters. The van der Waals surface area contributed by atoms with E-state index in [0.717, 1.165) is 31.4 Å². The van der Waals surface area contributed by atoms with Crippen LogP contribution in [0.4, 0.5) is 17.6 Å². The fourth-order valence-corrected chi connectivity index (χ4v) is 3.73. The lowest BCUT2D eigenvalue weighted by atomic mass is 10.1. The monoisotopic (exact) mass is 510 g/mol. The van der Waals surface area contributed by atoms with Crippen LogP contribution >= 0.6 is 0 Å². The molecule has 0 atom stereocenters. The van der Waals surface area contributed by atoms with Crippen LogP contribution in [0.2, 0.25) is 0 Å². The molecule has 6 nitrogen and oxygen atoms in total. The minimum atomic E-state index is -3.03. The van der Waals surface area contributed by atoms with Crippen molar-refractivity contribution >= 4 is 23.2 Å². The molecule has 0 N–H and O–H groups in total. The van der Waals surface area contributed by atoms with Crippen LogP contribution in [0.5, 0.6) is 11.5 Å². The van der Waals surface area contributed by atoms with Crippen LogP contribution in [-0.4, -0.2) is 27.8 Å². The van der Waals surface area contributed by atoms with Crippen LogP contribution in [0.3, 0.4) is 0 Å². The molecule has 0 fully saturated rings. The van der Waals surface area contributed by atoms with Crippen molar-refractivity contribution in [2.24, 2.45) is 0 Å². The molecule has 0 spiro atoms. The normalized spacial score (nSPS) is 11.4. The summed E-state index contributed by atoms with van der Waals surface area (Å²) in [6, 6.07) is 11.6. The van der Waals surface area contributed by atoms with Crippen molar-refractivity contribution in [3.8, 4) is 23.4 Å². The lowest BCUT2D eigenvalue weighted by Crippen LogP contribution is -2.06. The molecule has 4 aromatic rings. The Hall–Kier alpha value is -4.39. The second kappa shape index (κ2) is 11.6. The number of hydrogen-bond acceptors (Lipinski definition) is 5. The number of nitriles is 1. The molecule has 2 aromatic heterocycles. The third-order valence-electron chi connectivity index (χ3n) is 5.46. The van der Waals surface area contributed by atoms with Gasteiger partial charge in [-0.3, -0.25) is 4.57 Å². The van der Waals surface area contributed by atoms with Gasteiger partial charge in [-0.2, -0.15) is 14.0 Å². The van der Waals surface area contributed by atoms with Gasteiger partial charge in [-0.15, -0.1) is 0 Å². The molecule has 2 aromatic carbocycles. The lowest BCUT2D eigenvalue weighted by Gasteiger charge is -2.14. The number of para-hydroxylation sites is 1. The summed E-state index contributed by atoms with van der Waals surface area (Å²) >= 11 is 0. The van der Waals surface area contributed by atoms with E-state index in [1.165, 1.54) is 22.9 Å². The van der Waals surface area contributed by atoms with Gasteiger partial charge in [-0.1, -0.05) is 31.9 Å². The van der Waals surface area contributed by atoms with E-state index in [4.69, 9.17) is 10.00 Å². The van der Waals surface area contributed by atoms with E-state index in [9.17, 15) is 17.6 Å². The van der Waals surface area contributed by atoms with Crippen LogP contribution in [-0.2, 0) is 0 Å². The first-order valence-electron chi connectivity index (χ1n) is 11.5.